The van der Waals surface area contributed by atoms with Gasteiger partial charge in [-0.05, 0) is 54.4 Å². The van der Waals surface area contributed by atoms with Crippen LogP contribution in [0.3, 0.4) is 0 Å². The van der Waals surface area contributed by atoms with Gasteiger partial charge in [0.15, 0.2) is 0 Å². The van der Waals surface area contributed by atoms with E-state index in [1.54, 1.807) is 0 Å². The number of aromatic nitrogens is 2. The molecule has 1 saturated heterocycles. The van der Waals surface area contributed by atoms with Crippen LogP contribution in [0.2, 0.25) is 0 Å². The van der Waals surface area contributed by atoms with E-state index < -0.39 is 0 Å². The monoisotopic (exact) mass is 539 g/mol. The van der Waals surface area contributed by atoms with Gasteiger partial charge in [0.2, 0.25) is 0 Å². The molecule has 4 heterocycles. The largest absolute Gasteiger partial charge is 0.492 e. The lowest BCUT2D eigenvalue weighted by atomic mass is 10.2. The SMILES string of the molecule is CN(Cc1ccc(OCCN2CCN(C(=O)c3cn4ccccc4n3)CC2)cc1)Cc1cc2ccccc2s1. The minimum atomic E-state index is 0.00384. The molecule has 3 aromatic heterocycles. The quantitative estimate of drug-likeness (QED) is 0.263. The number of carbonyl (C=O) groups excluding carboxylic acids is 1. The van der Waals surface area contributed by atoms with E-state index in [-0.39, 0.29) is 5.91 Å². The number of ether oxygens (including phenoxy) is 1. The number of hydrogen-bond donors (Lipinski definition) is 0. The van der Waals surface area contributed by atoms with Crippen molar-refractivity contribution in [3.8, 4) is 5.75 Å². The van der Waals surface area contributed by atoms with Crippen LogP contribution < -0.4 is 4.74 Å². The minimum Gasteiger partial charge on any atom is -0.492 e. The lowest BCUT2D eigenvalue weighted by molar-refractivity contribution is 0.0615. The third-order valence-corrected chi connectivity index (χ3v) is 8.30. The molecule has 1 aliphatic heterocycles. The summed E-state index contributed by atoms with van der Waals surface area (Å²) in [5.41, 5.74) is 2.58. The van der Waals surface area contributed by atoms with Gasteiger partial charge in [0.25, 0.3) is 5.91 Å². The molecule has 5 aromatic rings. The summed E-state index contributed by atoms with van der Waals surface area (Å²) in [4.78, 5) is 25.4. The van der Waals surface area contributed by atoms with Crippen molar-refractivity contribution in [1.29, 1.82) is 0 Å². The summed E-state index contributed by atoms with van der Waals surface area (Å²) in [5.74, 6) is 0.899. The molecule has 0 saturated carbocycles. The number of benzene rings is 2. The van der Waals surface area contributed by atoms with Crippen LogP contribution in [0.1, 0.15) is 20.9 Å². The van der Waals surface area contributed by atoms with E-state index in [0.29, 0.717) is 25.4 Å². The zero-order valence-electron chi connectivity index (χ0n) is 22.2. The van der Waals surface area contributed by atoms with Gasteiger partial charge in [0, 0.05) is 67.8 Å². The number of thiophene rings is 1. The van der Waals surface area contributed by atoms with Crippen LogP contribution >= 0.6 is 11.3 Å². The molecule has 0 unspecified atom stereocenters. The number of imidazole rings is 1. The van der Waals surface area contributed by atoms with Gasteiger partial charge in [-0.3, -0.25) is 14.6 Å². The molecule has 0 bridgehead atoms. The van der Waals surface area contributed by atoms with Gasteiger partial charge in [0.1, 0.15) is 23.7 Å². The predicted molar refractivity (Wildman–Crippen MR) is 156 cm³/mol. The lowest BCUT2D eigenvalue weighted by Gasteiger charge is -2.34. The van der Waals surface area contributed by atoms with Gasteiger partial charge in [-0.15, -0.1) is 11.3 Å². The third kappa shape index (κ3) is 6.14. The van der Waals surface area contributed by atoms with Crippen molar-refractivity contribution in [3.63, 3.8) is 0 Å². The molecule has 1 amide bonds. The number of hydrogen-bond acceptors (Lipinski definition) is 6. The maximum Gasteiger partial charge on any atom is 0.274 e. The second kappa shape index (κ2) is 11.6. The van der Waals surface area contributed by atoms with Crippen molar-refractivity contribution in [1.82, 2.24) is 24.1 Å². The summed E-state index contributed by atoms with van der Waals surface area (Å²) >= 11 is 1.87. The van der Waals surface area contributed by atoms with Crippen LogP contribution in [0, 0.1) is 0 Å². The molecule has 0 aliphatic carbocycles. The standard InChI is InChI=1S/C31H33N5O2S/c1-33(22-27-20-25-6-2-3-7-29(25)39-27)21-24-9-11-26(12-10-24)38-19-18-34-14-16-35(17-15-34)31(37)28-23-36-13-5-4-8-30(36)32-28/h2-13,20,23H,14-19,21-22H2,1H3. The molecule has 0 N–H and O–H groups in total. The molecule has 6 rings (SSSR count). The highest BCUT2D eigenvalue weighted by Gasteiger charge is 2.23. The van der Waals surface area contributed by atoms with E-state index in [0.717, 1.165) is 44.1 Å². The summed E-state index contributed by atoms with van der Waals surface area (Å²) < 4.78 is 9.26. The number of nitrogens with zero attached hydrogens (tertiary/aromatic N) is 5. The Morgan fingerprint density at radius 1 is 0.974 bits per heavy atom. The Morgan fingerprint density at radius 2 is 1.77 bits per heavy atom. The molecule has 200 valence electrons. The summed E-state index contributed by atoms with van der Waals surface area (Å²) in [6, 6.07) is 25.1. The molecule has 0 atom stereocenters. The van der Waals surface area contributed by atoms with Crippen LogP contribution in [0.25, 0.3) is 15.7 Å². The second-order valence-electron chi connectivity index (χ2n) is 10.1. The zero-order chi connectivity index (χ0) is 26.6. The van der Waals surface area contributed by atoms with Gasteiger partial charge in [-0.2, -0.15) is 0 Å². The fourth-order valence-electron chi connectivity index (χ4n) is 5.11. The topological polar surface area (TPSA) is 53.3 Å². The number of pyridine rings is 1. The maximum absolute atomic E-state index is 12.9. The van der Waals surface area contributed by atoms with E-state index in [4.69, 9.17) is 4.74 Å². The molecule has 0 radical (unpaired) electrons. The highest BCUT2D eigenvalue weighted by atomic mass is 32.1. The Kier molecular flexibility index (Phi) is 7.58. The lowest BCUT2D eigenvalue weighted by Crippen LogP contribution is -2.49. The highest BCUT2D eigenvalue weighted by molar-refractivity contribution is 7.19. The first-order valence-corrected chi connectivity index (χ1v) is 14.3. The molecule has 7 nitrogen and oxygen atoms in total. The van der Waals surface area contributed by atoms with E-state index in [1.165, 1.54) is 20.5 Å². The summed E-state index contributed by atoms with van der Waals surface area (Å²) in [7, 11) is 2.17. The molecular formula is C31H33N5O2S. The Morgan fingerprint density at radius 3 is 2.56 bits per heavy atom. The summed E-state index contributed by atoms with van der Waals surface area (Å²) in [6.45, 7) is 6.40. The number of piperazine rings is 1. The first-order valence-electron chi connectivity index (χ1n) is 13.4. The van der Waals surface area contributed by atoms with E-state index in [2.05, 4.69) is 76.4 Å². The number of carbonyl (C=O) groups is 1. The second-order valence-corrected chi connectivity index (χ2v) is 11.3. The Balaban J connectivity index is 0.920. The molecule has 8 heteroatoms. The Labute approximate surface area is 232 Å². The molecule has 39 heavy (non-hydrogen) atoms. The Hall–Kier alpha value is -3.72. The minimum absolute atomic E-state index is 0.00384. The first kappa shape index (κ1) is 25.6. The van der Waals surface area contributed by atoms with Crippen molar-refractivity contribution in [2.75, 3.05) is 46.4 Å². The molecule has 1 aliphatic rings. The van der Waals surface area contributed by atoms with E-state index >= 15 is 0 Å². The number of rotatable bonds is 9. The molecular weight excluding hydrogens is 506 g/mol. The van der Waals surface area contributed by atoms with Crippen molar-refractivity contribution in [2.45, 2.75) is 13.1 Å². The van der Waals surface area contributed by atoms with Crippen LogP contribution in [-0.4, -0.2) is 76.4 Å². The molecule has 2 aromatic carbocycles. The fraction of sp³-hybridized carbons (Fsp3) is 0.290. The van der Waals surface area contributed by atoms with Crippen LogP contribution in [0.4, 0.5) is 0 Å². The highest BCUT2D eigenvalue weighted by Crippen LogP contribution is 2.26. The summed E-state index contributed by atoms with van der Waals surface area (Å²) in [6.07, 6.45) is 3.73. The fourth-order valence-corrected chi connectivity index (χ4v) is 6.25. The van der Waals surface area contributed by atoms with Crippen molar-refractivity contribution < 1.29 is 9.53 Å². The number of amides is 1. The van der Waals surface area contributed by atoms with E-state index in [9.17, 15) is 4.79 Å². The average molecular weight is 540 g/mol. The first-order chi connectivity index (χ1) is 19.1. The van der Waals surface area contributed by atoms with E-state index in [1.807, 2.05) is 51.2 Å². The van der Waals surface area contributed by atoms with Gasteiger partial charge < -0.3 is 14.0 Å². The van der Waals surface area contributed by atoms with Crippen LogP contribution in [-0.2, 0) is 13.1 Å². The van der Waals surface area contributed by atoms with Gasteiger partial charge in [-0.1, -0.05) is 36.4 Å². The third-order valence-electron chi connectivity index (χ3n) is 7.20. The van der Waals surface area contributed by atoms with Crippen molar-refractivity contribution in [3.05, 3.63) is 101 Å². The van der Waals surface area contributed by atoms with Gasteiger partial charge in [-0.25, -0.2) is 4.98 Å². The van der Waals surface area contributed by atoms with Gasteiger partial charge in [0.05, 0.1) is 0 Å². The zero-order valence-corrected chi connectivity index (χ0v) is 23.0. The molecule has 0 spiro atoms. The summed E-state index contributed by atoms with van der Waals surface area (Å²) in [5, 5.41) is 1.32. The molecule has 1 fully saturated rings. The smallest absolute Gasteiger partial charge is 0.274 e. The Bertz CT molecular complexity index is 1490. The van der Waals surface area contributed by atoms with Crippen LogP contribution in [0.15, 0.2) is 85.2 Å². The predicted octanol–water partition coefficient (Wildman–Crippen LogP) is 5.02. The van der Waals surface area contributed by atoms with Crippen molar-refractivity contribution in [2.24, 2.45) is 0 Å². The normalized spacial score (nSPS) is 14.5. The van der Waals surface area contributed by atoms with Gasteiger partial charge >= 0.3 is 0 Å². The average Bonchev–Trinajstić information content (AvgIpc) is 3.58. The van der Waals surface area contributed by atoms with Crippen molar-refractivity contribution >= 4 is 33.0 Å². The van der Waals surface area contributed by atoms with Crippen LogP contribution in [0.5, 0.6) is 5.75 Å². The number of fused-ring (bicyclic) bond motifs is 2. The maximum atomic E-state index is 12.9.